The van der Waals surface area contributed by atoms with Crippen LogP contribution in [0.1, 0.15) is 24.2 Å². The molecule has 1 aromatic heterocycles. The van der Waals surface area contributed by atoms with Crippen molar-refractivity contribution in [1.82, 2.24) is 10.3 Å². The lowest BCUT2D eigenvalue weighted by Gasteiger charge is -2.33. The molecule has 0 aromatic carbocycles. The van der Waals surface area contributed by atoms with Crippen molar-refractivity contribution >= 4 is 17.7 Å². The monoisotopic (exact) mass is 335 g/mol. The van der Waals surface area contributed by atoms with Crippen LogP contribution in [-0.2, 0) is 14.4 Å². The zero-order valence-corrected chi connectivity index (χ0v) is 13.6. The molecule has 0 saturated heterocycles. The molecule has 1 aliphatic rings. The lowest BCUT2D eigenvalue weighted by molar-refractivity contribution is -0.155. The van der Waals surface area contributed by atoms with Gasteiger partial charge in [0.25, 0.3) is 5.91 Å². The number of aromatic nitrogens is 1. The Morgan fingerprint density at radius 2 is 2.21 bits per heavy atom. The van der Waals surface area contributed by atoms with E-state index in [1.54, 1.807) is 25.1 Å². The lowest BCUT2D eigenvalue weighted by Crippen LogP contribution is -2.43. The van der Waals surface area contributed by atoms with E-state index in [9.17, 15) is 9.59 Å². The van der Waals surface area contributed by atoms with Gasteiger partial charge in [-0.3, -0.25) is 9.63 Å². The number of hydroxylamine groups is 1. The largest absolute Gasteiger partial charge is 0.464 e. The zero-order valence-electron chi connectivity index (χ0n) is 13.6. The van der Waals surface area contributed by atoms with E-state index in [1.807, 2.05) is 13.0 Å². The number of amides is 1. The molecule has 8 nitrogen and oxygen atoms in total. The Morgan fingerprint density at radius 3 is 2.83 bits per heavy atom. The zero-order chi connectivity index (χ0) is 17.5. The summed E-state index contributed by atoms with van der Waals surface area (Å²) in [5.74, 6) is -0.314. The molecule has 24 heavy (non-hydrogen) atoms. The standard InChI is InChI=1S/C16H21N3O5/c1-3-23-16(22)13-6-4-11(2)19(24-13)14-7-5-12(10-18-14)15(21)17-8-9-20/h4-7,10-11,13,20H,3,8-9H2,1-2H3,(H,17,21). The molecule has 2 atom stereocenters. The predicted octanol–water partition coefficient (Wildman–Crippen LogP) is 0.432. The highest BCUT2D eigenvalue weighted by Gasteiger charge is 2.29. The number of anilines is 1. The molecule has 2 rings (SSSR count). The molecule has 0 saturated carbocycles. The molecular weight excluding hydrogens is 314 g/mol. The Bertz CT molecular complexity index is 602. The summed E-state index contributed by atoms with van der Waals surface area (Å²) in [5.41, 5.74) is 0.370. The summed E-state index contributed by atoms with van der Waals surface area (Å²) >= 11 is 0. The molecule has 0 radical (unpaired) electrons. The first kappa shape index (κ1) is 17.9. The summed E-state index contributed by atoms with van der Waals surface area (Å²) in [5, 5.41) is 12.8. The number of carbonyl (C=O) groups excluding carboxylic acids is 2. The summed E-state index contributed by atoms with van der Waals surface area (Å²) in [7, 11) is 0. The predicted molar refractivity (Wildman–Crippen MR) is 86.2 cm³/mol. The van der Waals surface area contributed by atoms with Crippen LogP contribution in [0, 0.1) is 0 Å². The van der Waals surface area contributed by atoms with Crippen molar-refractivity contribution in [2.75, 3.05) is 24.8 Å². The van der Waals surface area contributed by atoms with E-state index >= 15 is 0 Å². The maximum absolute atomic E-state index is 11.8. The van der Waals surface area contributed by atoms with Gasteiger partial charge in [-0.15, -0.1) is 0 Å². The molecule has 0 spiro atoms. The number of nitrogens with zero attached hydrogens (tertiary/aromatic N) is 2. The van der Waals surface area contributed by atoms with Gasteiger partial charge in [-0.1, -0.05) is 6.08 Å². The molecule has 0 fully saturated rings. The van der Waals surface area contributed by atoms with Gasteiger partial charge in [-0.25, -0.2) is 14.8 Å². The van der Waals surface area contributed by atoms with Gasteiger partial charge in [0, 0.05) is 12.7 Å². The van der Waals surface area contributed by atoms with Crippen molar-refractivity contribution in [2.45, 2.75) is 26.0 Å². The van der Waals surface area contributed by atoms with Gasteiger partial charge >= 0.3 is 5.97 Å². The molecule has 130 valence electrons. The Balaban J connectivity index is 2.08. The summed E-state index contributed by atoms with van der Waals surface area (Å²) in [6.45, 7) is 3.95. The van der Waals surface area contributed by atoms with Gasteiger partial charge < -0.3 is 15.2 Å². The third-order valence-corrected chi connectivity index (χ3v) is 3.31. The third kappa shape index (κ3) is 4.30. The topological polar surface area (TPSA) is 101 Å². The fourth-order valence-corrected chi connectivity index (χ4v) is 2.12. The van der Waals surface area contributed by atoms with Crippen LogP contribution in [0.4, 0.5) is 5.82 Å². The maximum Gasteiger partial charge on any atom is 0.342 e. The van der Waals surface area contributed by atoms with E-state index in [4.69, 9.17) is 14.7 Å². The molecule has 1 aromatic rings. The van der Waals surface area contributed by atoms with E-state index < -0.39 is 12.1 Å². The average Bonchev–Trinajstić information content (AvgIpc) is 2.60. The molecule has 1 amide bonds. The molecule has 8 heteroatoms. The van der Waals surface area contributed by atoms with E-state index in [1.165, 1.54) is 11.3 Å². The number of esters is 1. The number of rotatable bonds is 6. The van der Waals surface area contributed by atoms with E-state index in [2.05, 4.69) is 10.3 Å². The van der Waals surface area contributed by atoms with Crippen LogP contribution in [-0.4, -0.2) is 53.9 Å². The summed E-state index contributed by atoms with van der Waals surface area (Å²) in [4.78, 5) is 33.4. The van der Waals surface area contributed by atoms with Crippen LogP contribution in [0.3, 0.4) is 0 Å². The van der Waals surface area contributed by atoms with Crippen LogP contribution < -0.4 is 10.4 Å². The SMILES string of the molecule is CCOC(=O)C1C=CC(C)N(c2ccc(C(=O)NCCO)cn2)O1. The number of carbonyl (C=O) groups is 2. The van der Waals surface area contributed by atoms with Crippen molar-refractivity contribution in [2.24, 2.45) is 0 Å². The molecule has 2 unspecified atom stereocenters. The Kier molecular flexibility index (Phi) is 6.28. The fraction of sp³-hybridized carbons (Fsp3) is 0.438. The van der Waals surface area contributed by atoms with Gasteiger partial charge in [0.2, 0.25) is 6.10 Å². The van der Waals surface area contributed by atoms with Crippen molar-refractivity contribution in [3.05, 3.63) is 36.0 Å². The van der Waals surface area contributed by atoms with Crippen LogP contribution in [0.2, 0.25) is 0 Å². The number of ether oxygens (including phenoxy) is 1. The van der Waals surface area contributed by atoms with Crippen molar-refractivity contribution in [3.63, 3.8) is 0 Å². The second kappa shape index (κ2) is 8.42. The minimum Gasteiger partial charge on any atom is -0.464 e. The van der Waals surface area contributed by atoms with Gasteiger partial charge in [-0.05, 0) is 32.1 Å². The minimum atomic E-state index is -0.824. The number of aliphatic hydroxyl groups excluding tert-OH is 1. The van der Waals surface area contributed by atoms with Gasteiger partial charge in [0.1, 0.15) is 0 Å². The first-order chi connectivity index (χ1) is 11.6. The van der Waals surface area contributed by atoms with Crippen LogP contribution in [0.25, 0.3) is 0 Å². The number of hydrogen-bond donors (Lipinski definition) is 2. The van der Waals surface area contributed by atoms with Crippen molar-refractivity contribution in [3.8, 4) is 0 Å². The summed E-state index contributed by atoms with van der Waals surface area (Å²) in [6, 6.07) is 3.10. The maximum atomic E-state index is 11.8. The molecule has 0 bridgehead atoms. The molecule has 2 heterocycles. The fourth-order valence-electron chi connectivity index (χ4n) is 2.12. The Hall–Kier alpha value is -2.45. The summed E-state index contributed by atoms with van der Waals surface area (Å²) in [6.07, 6.45) is 4.07. The van der Waals surface area contributed by atoms with E-state index in [0.29, 0.717) is 11.4 Å². The van der Waals surface area contributed by atoms with E-state index in [-0.39, 0.29) is 31.7 Å². The lowest BCUT2D eigenvalue weighted by atomic mass is 10.2. The van der Waals surface area contributed by atoms with Crippen LogP contribution in [0.15, 0.2) is 30.5 Å². The van der Waals surface area contributed by atoms with Crippen LogP contribution in [0.5, 0.6) is 0 Å². The first-order valence-electron chi connectivity index (χ1n) is 7.73. The first-order valence-corrected chi connectivity index (χ1v) is 7.73. The highest BCUT2D eigenvalue weighted by Crippen LogP contribution is 2.21. The van der Waals surface area contributed by atoms with E-state index in [0.717, 1.165) is 0 Å². The highest BCUT2D eigenvalue weighted by molar-refractivity contribution is 5.94. The molecule has 1 aliphatic heterocycles. The Morgan fingerprint density at radius 1 is 1.42 bits per heavy atom. The molecule has 0 aliphatic carbocycles. The Labute approximate surface area is 140 Å². The number of pyridine rings is 1. The van der Waals surface area contributed by atoms with Gasteiger partial charge in [0.05, 0.1) is 24.8 Å². The van der Waals surface area contributed by atoms with Crippen LogP contribution >= 0.6 is 0 Å². The number of aliphatic hydroxyl groups is 1. The van der Waals surface area contributed by atoms with Crippen molar-refractivity contribution < 1.29 is 24.3 Å². The highest BCUT2D eigenvalue weighted by atomic mass is 16.7. The quantitative estimate of drug-likeness (QED) is 0.574. The summed E-state index contributed by atoms with van der Waals surface area (Å²) < 4.78 is 4.95. The minimum absolute atomic E-state index is 0.127. The number of nitrogens with one attached hydrogen (secondary N) is 1. The molecular formula is C16H21N3O5. The second-order valence-corrected chi connectivity index (χ2v) is 5.11. The van der Waals surface area contributed by atoms with Gasteiger partial charge in [-0.2, -0.15) is 0 Å². The van der Waals surface area contributed by atoms with Gasteiger partial charge in [0.15, 0.2) is 5.82 Å². The smallest absolute Gasteiger partial charge is 0.342 e. The normalized spacial score (nSPS) is 19.9. The van der Waals surface area contributed by atoms with Crippen molar-refractivity contribution in [1.29, 1.82) is 0 Å². The number of hydrogen-bond acceptors (Lipinski definition) is 7. The average molecular weight is 335 g/mol. The molecule has 2 N–H and O–H groups in total. The third-order valence-electron chi connectivity index (χ3n) is 3.31. The second-order valence-electron chi connectivity index (χ2n) is 5.11.